The molecule has 152 valence electrons. The van der Waals surface area contributed by atoms with Crippen LogP contribution in [0.4, 0.5) is 0 Å². The van der Waals surface area contributed by atoms with E-state index in [1.165, 1.54) is 0 Å². The number of hydrogen-bond acceptors (Lipinski definition) is 4. The van der Waals surface area contributed by atoms with E-state index in [1.807, 2.05) is 6.92 Å². The van der Waals surface area contributed by atoms with Gasteiger partial charge in [0.15, 0.2) is 8.32 Å². The average Bonchev–Trinajstić information content (AvgIpc) is 2.44. The van der Waals surface area contributed by atoms with Crippen LogP contribution >= 0.6 is 11.6 Å². The largest absolute Gasteiger partial charge is 0.411 e. The lowest BCUT2D eigenvalue weighted by Crippen LogP contribution is -2.51. The van der Waals surface area contributed by atoms with Crippen molar-refractivity contribution in [3.63, 3.8) is 0 Å². The summed E-state index contributed by atoms with van der Waals surface area (Å²) in [5, 5.41) is 9.85. The van der Waals surface area contributed by atoms with Gasteiger partial charge in [0.25, 0.3) is 0 Å². The van der Waals surface area contributed by atoms with Gasteiger partial charge in [-0.2, -0.15) is 0 Å². The van der Waals surface area contributed by atoms with Crippen LogP contribution in [0.15, 0.2) is 11.8 Å². The fraction of sp³-hybridized carbons (Fsp3) is 0.842. The molecule has 0 spiro atoms. The first kappa shape index (κ1) is 24.1. The number of ether oxygens (including phenoxy) is 1. The molecule has 7 heteroatoms. The average molecular weight is 421 g/mol. The second-order valence-corrected chi connectivity index (χ2v) is 19.9. The monoisotopic (exact) mass is 420 g/mol. The Hall–Kier alpha value is 0.0138. The maximum absolute atomic E-state index is 12.4. The van der Waals surface area contributed by atoms with E-state index in [9.17, 15) is 9.90 Å². The van der Waals surface area contributed by atoms with Crippen LogP contribution in [0.2, 0.25) is 39.3 Å². The van der Waals surface area contributed by atoms with Crippen molar-refractivity contribution in [2.24, 2.45) is 5.41 Å². The van der Waals surface area contributed by atoms with Gasteiger partial charge in [-0.1, -0.05) is 38.3 Å². The molecule has 4 nitrogen and oxygen atoms in total. The van der Waals surface area contributed by atoms with E-state index in [2.05, 4.69) is 51.1 Å². The van der Waals surface area contributed by atoms with Gasteiger partial charge in [0.1, 0.15) is 5.78 Å². The van der Waals surface area contributed by atoms with Crippen LogP contribution in [0.1, 0.15) is 26.2 Å². The Bertz CT molecular complexity index is 493. The lowest BCUT2D eigenvalue weighted by Gasteiger charge is -2.43. The van der Waals surface area contributed by atoms with Crippen LogP contribution in [-0.4, -0.2) is 58.1 Å². The van der Waals surface area contributed by atoms with Crippen molar-refractivity contribution in [1.29, 1.82) is 0 Å². The predicted octanol–water partition coefficient (Wildman–Crippen LogP) is 4.38. The van der Waals surface area contributed by atoms with Crippen LogP contribution in [0.25, 0.3) is 0 Å². The zero-order valence-corrected chi connectivity index (χ0v) is 20.2. The number of carbonyl (C=O) groups is 1. The fourth-order valence-electron chi connectivity index (χ4n) is 2.83. The molecule has 1 saturated heterocycles. The van der Waals surface area contributed by atoms with Gasteiger partial charge in [-0.3, -0.25) is 4.79 Å². The van der Waals surface area contributed by atoms with Crippen molar-refractivity contribution in [2.75, 3.05) is 13.2 Å². The van der Waals surface area contributed by atoms with Gasteiger partial charge in [-0.05, 0) is 26.1 Å². The number of ketones is 1. The number of aliphatic hydroxyl groups is 1. The molecule has 0 aromatic heterocycles. The second kappa shape index (κ2) is 9.48. The van der Waals surface area contributed by atoms with Crippen LogP contribution in [0.5, 0.6) is 0 Å². The summed E-state index contributed by atoms with van der Waals surface area (Å²) in [6.45, 7) is 16.4. The molecule has 1 aliphatic heterocycles. The molecule has 1 heterocycles. The Morgan fingerprint density at radius 3 is 2.27 bits per heavy atom. The maximum Gasteiger partial charge on any atom is 0.184 e. The summed E-state index contributed by atoms with van der Waals surface area (Å²) in [6, 6.07) is 0. The van der Waals surface area contributed by atoms with Crippen LogP contribution in [0.3, 0.4) is 0 Å². The van der Waals surface area contributed by atoms with Crippen molar-refractivity contribution in [2.45, 2.75) is 83.1 Å². The molecule has 26 heavy (non-hydrogen) atoms. The van der Waals surface area contributed by atoms with Gasteiger partial charge >= 0.3 is 0 Å². The topological polar surface area (TPSA) is 55.8 Å². The van der Waals surface area contributed by atoms with Crippen molar-refractivity contribution in [1.82, 2.24) is 0 Å². The van der Waals surface area contributed by atoms with E-state index in [-0.39, 0.29) is 23.7 Å². The molecule has 0 saturated carbocycles. The Morgan fingerprint density at radius 1 is 1.27 bits per heavy atom. The van der Waals surface area contributed by atoms with Gasteiger partial charge in [-0.25, -0.2) is 0 Å². The fourth-order valence-corrected chi connectivity index (χ4v) is 4.95. The minimum atomic E-state index is -1.69. The first-order valence-electron chi connectivity index (χ1n) is 9.51. The maximum atomic E-state index is 12.4. The van der Waals surface area contributed by atoms with Crippen molar-refractivity contribution in [3.05, 3.63) is 11.8 Å². The summed E-state index contributed by atoms with van der Waals surface area (Å²) in [5.41, 5.74) is 2.05. The summed E-state index contributed by atoms with van der Waals surface area (Å²) >= 11 is 6.36. The zero-order chi connectivity index (χ0) is 20.2. The summed E-state index contributed by atoms with van der Waals surface area (Å²) in [4.78, 5) is 12.4. The van der Waals surface area contributed by atoms with Crippen LogP contribution < -0.4 is 0 Å². The quantitative estimate of drug-likeness (QED) is 0.398. The molecular formula is C19H37ClO4Si2. The number of carbonyl (C=O) groups excluding carboxylic acids is 1. The second-order valence-electron chi connectivity index (χ2n) is 9.89. The number of halogens is 1. The van der Waals surface area contributed by atoms with E-state index >= 15 is 0 Å². The molecule has 0 unspecified atom stereocenters. The molecule has 0 bridgehead atoms. The van der Waals surface area contributed by atoms with Gasteiger partial charge in [0, 0.05) is 18.3 Å². The van der Waals surface area contributed by atoms with Crippen molar-refractivity contribution < 1.29 is 19.1 Å². The van der Waals surface area contributed by atoms with Crippen molar-refractivity contribution in [3.8, 4) is 0 Å². The van der Waals surface area contributed by atoms with Crippen LogP contribution in [0, 0.1) is 5.41 Å². The van der Waals surface area contributed by atoms with Crippen molar-refractivity contribution >= 4 is 33.8 Å². The highest BCUT2D eigenvalue weighted by Crippen LogP contribution is 2.36. The van der Waals surface area contributed by atoms with E-state index in [0.717, 1.165) is 0 Å². The van der Waals surface area contributed by atoms with E-state index in [0.29, 0.717) is 26.1 Å². The predicted molar refractivity (Wildman–Crippen MR) is 114 cm³/mol. The molecule has 0 amide bonds. The minimum Gasteiger partial charge on any atom is -0.411 e. The highest BCUT2D eigenvalue weighted by molar-refractivity contribution is 6.81. The number of alkyl halides is 1. The molecule has 1 fully saturated rings. The molecule has 3 atom stereocenters. The smallest absolute Gasteiger partial charge is 0.184 e. The Labute approximate surface area is 166 Å². The summed E-state index contributed by atoms with van der Waals surface area (Å²) in [7, 11) is -3.00. The Morgan fingerprint density at radius 2 is 1.85 bits per heavy atom. The standard InChI is InChI=1S/C19H37ClO4Si2/c1-19(13-23-14-19)18(20)17(22)12-15(21)8-9-16(24-26(5,6)7)10-11-25(2,3)4/h10-11,16-18,22H,8-9,12-14H2,1-7H3/b11-10+/t16-,17+,18+/m0/s1. The lowest BCUT2D eigenvalue weighted by molar-refractivity contribution is -0.129. The van der Waals surface area contributed by atoms with Gasteiger partial charge in [0.2, 0.25) is 0 Å². The minimum absolute atomic E-state index is 0.0289. The molecule has 0 aromatic carbocycles. The van der Waals surface area contributed by atoms with E-state index in [4.69, 9.17) is 20.8 Å². The Kier molecular flexibility index (Phi) is 8.77. The first-order chi connectivity index (χ1) is 11.7. The number of aliphatic hydroxyl groups excluding tert-OH is 1. The SMILES string of the molecule is CC1([C@H](Cl)[C@H](O)CC(=O)CC[C@@H](/C=C/[Si](C)(C)C)O[Si](C)(C)C)COC1. The van der Waals surface area contributed by atoms with Gasteiger partial charge in [-0.15, -0.1) is 11.6 Å². The Balaban J connectivity index is 2.55. The third-order valence-electron chi connectivity index (χ3n) is 4.33. The normalized spacial score (nSPS) is 21.3. The summed E-state index contributed by atoms with van der Waals surface area (Å²) in [6.07, 6.45) is 2.45. The highest BCUT2D eigenvalue weighted by Gasteiger charge is 2.44. The van der Waals surface area contributed by atoms with E-state index in [1.54, 1.807) is 0 Å². The van der Waals surface area contributed by atoms with Crippen LogP contribution in [-0.2, 0) is 14.0 Å². The molecule has 0 aromatic rings. The number of Topliss-reactive ketones (excluding diaryl/α,β-unsaturated/α-hetero) is 1. The third kappa shape index (κ3) is 8.80. The summed E-state index contributed by atoms with van der Waals surface area (Å²) < 4.78 is 11.4. The van der Waals surface area contributed by atoms with E-state index < -0.39 is 27.9 Å². The molecule has 0 radical (unpaired) electrons. The number of rotatable bonds is 11. The zero-order valence-electron chi connectivity index (χ0n) is 17.5. The highest BCUT2D eigenvalue weighted by atomic mass is 35.5. The molecule has 1 aliphatic rings. The summed E-state index contributed by atoms with van der Waals surface area (Å²) in [5.74, 6) is 0.0394. The molecular weight excluding hydrogens is 384 g/mol. The number of hydrogen-bond donors (Lipinski definition) is 1. The van der Waals surface area contributed by atoms with Gasteiger partial charge < -0.3 is 14.3 Å². The first-order valence-corrected chi connectivity index (χ1v) is 16.9. The third-order valence-corrected chi connectivity index (χ3v) is 7.35. The molecule has 0 aliphatic carbocycles. The lowest BCUT2D eigenvalue weighted by atomic mass is 9.81. The molecule has 1 N–H and O–H groups in total. The van der Waals surface area contributed by atoms with Gasteiger partial charge in [0.05, 0.1) is 38.9 Å². The molecule has 1 rings (SSSR count).